The maximum absolute atomic E-state index is 14.3. The Kier molecular flexibility index (Phi) is 8.79. The number of hydrogen-bond donors (Lipinski definition) is 1. The van der Waals surface area contributed by atoms with E-state index < -0.39 is 23.4 Å². The number of rotatable bonds is 10. The maximum Gasteiger partial charge on any atom is 0.249 e. The van der Waals surface area contributed by atoms with E-state index in [1.54, 1.807) is 42.5 Å². The van der Waals surface area contributed by atoms with Crippen molar-refractivity contribution in [2.24, 2.45) is 0 Å². The molecule has 3 aromatic carbocycles. The second-order valence-corrected chi connectivity index (χ2v) is 10.7. The summed E-state index contributed by atoms with van der Waals surface area (Å²) < 4.78 is 18.1. The minimum atomic E-state index is -1.21. The van der Waals surface area contributed by atoms with Gasteiger partial charge in [0.05, 0.1) is 26.8 Å². The van der Waals surface area contributed by atoms with Crippen molar-refractivity contribution in [3.63, 3.8) is 0 Å². The lowest BCUT2D eigenvalue weighted by molar-refractivity contribution is -0.128. The first-order valence-electron chi connectivity index (χ1n) is 13.3. The number of amides is 2. The number of methoxy groups -OCH3 is 3. The minimum Gasteiger partial charge on any atom is -0.493 e. The zero-order valence-corrected chi connectivity index (χ0v) is 24.8. The monoisotopic (exact) mass is 573 g/mol. The number of fused-ring (bicyclic) bond motifs is 1. The molecule has 0 fully saturated rings. The van der Waals surface area contributed by atoms with Crippen LogP contribution in [0.15, 0.2) is 60.7 Å². The number of ketones is 1. The van der Waals surface area contributed by atoms with Gasteiger partial charge in [-0.1, -0.05) is 29.5 Å². The smallest absolute Gasteiger partial charge is 0.249 e. The number of para-hydroxylation sites is 1. The number of hydrogen-bond acceptors (Lipinski definition) is 8. The van der Waals surface area contributed by atoms with E-state index in [9.17, 15) is 14.4 Å². The number of carbonyl (C=O) groups is 3. The first-order chi connectivity index (χ1) is 20.0. The minimum absolute atomic E-state index is 0.185. The molecule has 1 heterocycles. The van der Waals surface area contributed by atoms with Crippen LogP contribution in [0, 0.1) is 0 Å². The third-order valence-electron chi connectivity index (χ3n) is 6.51. The zero-order valence-electron chi connectivity index (χ0n) is 24.8. The van der Waals surface area contributed by atoms with Gasteiger partial charge in [-0.25, -0.2) is 4.68 Å². The third-order valence-corrected chi connectivity index (χ3v) is 6.51. The number of carbonyl (C=O) groups excluding carboxylic acids is 3. The lowest BCUT2D eigenvalue weighted by atomic mass is 9.99. The van der Waals surface area contributed by atoms with Crippen LogP contribution in [-0.2, 0) is 16.1 Å². The van der Waals surface area contributed by atoms with Gasteiger partial charge < -0.3 is 19.5 Å². The Morgan fingerprint density at radius 1 is 0.929 bits per heavy atom. The summed E-state index contributed by atoms with van der Waals surface area (Å²) in [5, 5.41) is 11.3. The fourth-order valence-electron chi connectivity index (χ4n) is 4.67. The summed E-state index contributed by atoms with van der Waals surface area (Å²) in [7, 11) is 4.43. The Labute approximate surface area is 244 Å². The number of anilines is 1. The van der Waals surface area contributed by atoms with Crippen molar-refractivity contribution in [3.05, 3.63) is 71.8 Å². The van der Waals surface area contributed by atoms with E-state index in [4.69, 9.17) is 14.2 Å². The Morgan fingerprint density at radius 2 is 1.60 bits per heavy atom. The van der Waals surface area contributed by atoms with Gasteiger partial charge in [-0.15, -0.1) is 5.10 Å². The molecule has 0 unspecified atom stereocenters. The number of nitrogens with one attached hydrogen (secondary N) is 1. The summed E-state index contributed by atoms with van der Waals surface area (Å²) in [6.45, 7) is 6.76. The molecule has 42 heavy (non-hydrogen) atoms. The van der Waals surface area contributed by atoms with Crippen LogP contribution in [0.3, 0.4) is 0 Å². The van der Waals surface area contributed by atoms with Crippen molar-refractivity contribution in [1.29, 1.82) is 0 Å². The number of Topliss-reactive ketones (excluding diaryl/α,β-unsaturated/α-hetero) is 1. The average molecular weight is 574 g/mol. The van der Waals surface area contributed by atoms with Crippen LogP contribution in [0.1, 0.15) is 49.7 Å². The standard InChI is InChI=1S/C31H35N5O6/c1-19(37)20-11-10-12-22(15-20)36(27(38)18-35-24-14-9-8-13-23(24)33-34-35)28(30(39)32-31(2,3)4)21-16-25(40-5)29(42-7)26(17-21)41-6/h8-17,28H,18H2,1-7H3,(H,32,39)/t28-/m1/s1. The number of nitrogens with zero attached hydrogens (tertiary/aromatic N) is 4. The highest BCUT2D eigenvalue weighted by atomic mass is 16.5. The van der Waals surface area contributed by atoms with Gasteiger partial charge >= 0.3 is 0 Å². The number of ether oxygens (including phenoxy) is 3. The largest absolute Gasteiger partial charge is 0.493 e. The van der Waals surface area contributed by atoms with Crippen LogP contribution in [0.25, 0.3) is 11.0 Å². The van der Waals surface area contributed by atoms with E-state index in [0.717, 1.165) is 0 Å². The molecular formula is C31H35N5O6. The Bertz CT molecular complexity index is 1600. The topological polar surface area (TPSA) is 125 Å². The van der Waals surface area contributed by atoms with Gasteiger partial charge in [-0.3, -0.25) is 19.3 Å². The van der Waals surface area contributed by atoms with Crippen molar-refractivity contribution in [1.82, 2.24) is 20.3 Å². The summed E-state index contributed by atoms with van der Waals surface area (Å²) in [5.74, 6) is -0.143. The van der Waals surface area contributed by atoms with E-state index in [1.165, 1.54) is 37.8 Å². The Balaban J connectivity index is 1.95. The highest BCUT2D eigenvalue weighted by molar-refractivity contribution is 6.03. The van der Waals surface area contributed by atoms with Gasteiger partial charge in [0, 0.05) is 16.8 Å². The van der Waals surface area contributed by atoms with Crippen LogP contribution in [0.2, 0.25) is 0 Å². The second kappa shape index (κ2) is 12.3. The zero-order chi connectivity index (χ0) is 30.6. The van der Waals surface area contributed by atoms with Crippen LogP contribution >= 0.6 is 0 Å². The third kappa shape index (κ3) is 6.35. The van der Waals surface area contributed by atoms with Crippen molar-refractivity contribution in [3.8, 4) is 17.2 Å². The van der Waals surface area contributed by atoms with Gasteiger partial charge in [-0.2, -0.15) is 0 Å². The van der Waals surface area contributed by atoms with Gasteiger partial charge in [0.25, 0.3) is 0 Å². The molecule has 0 aliphatic carbocycles. The molecule has 0 aliphatic rings. The van der Waals surface area contributed by atoms with Crippen LogP contribution in [0.5, 0.6) is 17.2 Å². The molecule has 1 N–H and O–H groups in total. The van der Waals surface area contributed by atoms with Crippen LogP contribution < -0.4 is 24.4 Å². The highest BCUT2D eigenvalue weighted by Crippen LogP contribution is 2.42. The molecule has 0 radical (unpaired) electrons. The summed E-state index contributed by atoms with van der Waals surface area (Å²) in [6, 6.07) is 15.9. The molecule has 4 aromatic rings. The summed E-state index contributed by atoms with van der Waals surface area (Å²) in [4.78, 5) is 42.2. The molecule has 4 rings (SSSR count). The second-order valence-electron chi connectivity index (χ2n) is 10.7. The van der Waals surface area contributed by atoms with E-state index in [-0.39, 0.29) is 12.3 Å². The van der Waals surface area contributed by atoms with Crippen molar-refractivity contribution in [2.75, 3.05) is 26.2 Å². The lowest BCUT2D eigenvalue weighted by Gasteiger charge is -2.34. The van der Waals surface area contributed by atoms with Gasteiger partial charge in [0.15, 0.2) is 17.3 Å². The van der Waals surface area contributed by atoms with E-state index >= 15 is 0 Å². The predicted molar refractivity (Wildman–Crippen MR) is 158 cm³/mol. The Hall–Kier alpha value is -4.93. The molecule has 0 saturated carbocycles. The molecule has 0 aliphatic heterocycles. The Morgan fingerprint density at radius 3 is 2.19 bits per heavy atom. The number of benzene rings is 3. The van der Waals surface area contributed by atoms with Crippen molar-refractivity contribution >= 4 is 34.3 Å². The predicted octanol–water partition coefficient (Wildman–Crippen LogP) is 4.35. The molecule has 0 spiro atoms. The quantitative estimate of drug-likeness (QED) is 0.278. The molecule has 11 nitrogen and oxygen atoms in total. The molecule has 0 saturated heterocycles. The van der Waals surface area contributed by atoms with Crippen LogP contribution in [-0.4, -0.2) is 59.5 Å². The fraction of sp³-hybridized carbons (Fsp3) is 0.323. The molecule has 11 heteroatoms. The molecule has 220 valence electrons. The van der Waals surface area contributed by atoms with E-state index in [0.29, 0.717) is 45.1 Å². The van der Waals surface area contributed by atoms with Gasteiger partial charge in [0.2, 0.25) is 17.6 Å². The first-order valence-corrected chi connectivity index (χ1v) is 13.3. The SMILES string of the molecule is COc1cc([C@H](C(=O)NC(C)(C)C)N(C(=O)Cn2nnc3ccccc32)c2cccc(C(C)=O)c2)cc(OC)c1OC. The molecule has 2 amide bonds. The maximum atomic E-state index is 14.3. The number of aromatic nitrogens is 3. The van der Waals surface area contributed by atoms with Crippen molar-refractivity contribution in [2.45, 2.75) is 45.8 Å². The van der Waals surface area contributed by atoms with Gasteiger partial charge in [-0.05, 0) is 69.7 Å². The molecule has 0 bridgehead atoms. The fourth-order valence-corrected chi connectivity index (χ4v) is 4.67. The van der Waals surface area contributed by atoms with E-state index in [2.05, 4.69) is 15.6 Å². The molecule has 1 aromatic heterocycles. The first kappa shape index (κ1) is 30.0. The van der Waals surface area contributed by atoms with Crippen LogP contribution in [0.4, 0.5) is 5.69 Å². The summed E-state index contributed by atoms with van der Waals surface area (Å²) in [6.07, 6.45) is 0. The summed E-state index contributed by atoms with van der Waals surface area (Å²) in [5.41, 5.74) is 1.79. The lowest BCUT2D eigenvalue weighted by Crippen LogP contribution is -2.50. The highest BCUT2D eigenvalue weighted by Gasteiger charge is 2.36. The van der Waals surface area contributed by atoms with Crippen molar-refractivity contribution < 1.29 is 28.6 Å². The normalized spacial score (nSPS) is 12.0. The van der Waals surface area contributed by atoms with Gasteiger partial charge in [0.1, 0.15) is 18.1 Å². The summed E-state index contributed by atoms with van der Waals surface area (Å²) >= 11 is 0. The molecule has 1 atom stereocenters. The average Bonchev–Trinajstić information content (AvgIpc) is 3.36. The van der Waals surface area contributed by atoms with E-state index in [1.807, 2.05) is 39.0 Å². The molecular weight excluding hydrogens is 538 g/mol.